The van der Waals surface area contributed by atoms with Crippen LogP contribution >= 0.6 is 0 Å². The minimum Gasteiger partial charge on any atom is -0.328 e. The van der Waals surface area contributed by atoms with Gasteiger partial charge >= 0.3 is 0 Å². The van der Waals surface area contributed by atoms with Gasteiger partial charge in [-0.2, -0.15) is 0 Å². The molecule has 1 aromatic rings. The molecule has 20 heavy (non-hydrogen) atoms. The van der Waals surface area contributed by atoms with E-state index in [1.807, 2.05) is 13.8 Å². The van der Waals surface area contributed by atoms with E-state index in [1.54, 1.807) is 6.92 Å². The van der Waals surface area contributed by atoms with Gasteiger partial charge in [0.1, 0.15) is 11.6 Å². The lowest BCUT2D eigenvalue weighted by Gasteiger charge is -2.37. The number of piperidine rings is 1. The fourth-order valence-electron chi connectivity index (χ4n) is 3.01. The van der Waals surface area contributed by atoms with E-state index in [0.29, 0.717) is 17.0 Å². The van der Waals surface area contributed by atoms with Crippen molar-refractivity contribution in [2.75, 3.05) is 13.1 Å². The first-order valence-electron chi connectivity index (χ1n) is 7.35. The van der Waals surface area contributed by atoms with Gasteiger partial charge in [-0.25, -0.2) is 8.78 Å². The van der Waals surface area contributed by atoms with Crippen LogP contribution in [-0.4, -0.2) is 24.0 Å². The lowest BCUT2D eigenvalue weighted by molar-refractivity contribution is 0.130. The number of likely N-dealkylation sites (tertiary alicyclic amines) is 1. The Bertz CT molecular complexity index is 466. The van der Waals surface area contributed by atoms with Crippen molar-refractivity contribution < 1.29 is 8.78 Å². The summed E-state index contributed by atoms with van der Waals surface area (Å²) < 4.78 is 27.7. The average molecular weight is 282 g/mol. The minimum atomic E-state index is -0.335. The molecule has 112 valence electrons. The van der Waals surface area contributed by atoms with Crippen molar-refractivity contribution in [3.05, 3.63) is 34.9 Å². The maximum absolute atomic E-state index is 14.0. The normalized spacial score (nSPS) is 20.9. The molecule has 0 spiro atoms. The number of nitrogens with zero attached hydrogens (tertiary/aromatic N) is 1. The van der Waals surface area contributed by atoms with Gasteiger partial charge in [0.25, 0.3) is 0 Å². The van der Waals surface area contributed by atoms with Crippen molar-refractivity contribution in [3.8, 4) is 0 Å². The predicted octanol–water partition coefficient (Wildman–Crippen LogP) is 3.39. The van der Waals surface area contributed by atoms with Gasteiger partial charge in [0.15, 0.2) is 0 Å². The van der Waals surface area contributed by atoms with Crippen molar-refractivity contribution in [1.29, 1.82) is 0 Å². The lowest BCUT2D eigenvalue weighted by Crippen LogP contribution is -2.40. The molecule has 2 atom stereocenters. The second-order valence-corrected chi connectivity index (χ2v) is 6.03. The van der Waals surface area contributed by atoms with Gasteiger partial charge in [0.2, 0.25) is 0 Å². The van der Waals surface area contributed by atoms with Crippen molar-refractivity contribution in [3.63, 3.8) is 0 Å². The highest BCUT2D eigenvalue weighted by atomic mass is 19.1. The Morgan fingerprint density at radius 2 is 1.75 bits per heavy atom. The van der Waals surface area contributed by atoms with Crippen molar-refractivity contribution in [1.82, 2.24) is 4.90 Å². The minimum absolute atomic E-state index is 0.0980. The summed E-state index contributed by atoms with van der Waals surface area (Å²) in [7, 11) is 0. The summed E-state index contributed by atoms with van der Waals surface area (Å²) in [4.78, 5) is 2.21. The summed E-state index contributed by atoms with van der Waals surface area (Å²) >= 11 is 0. The van der Waals surface area contributed by atoms with Crippen LogP contribution < -0.4 is 5.73 Å². The monoisotopic (exact) mass is 282 g/mol. The van der Waals surface area contributed by atoms with E-state index in [-0.39, 0.29) is 23.7 Å². The second kappa shape index (κ2) is 6.19. The zero-order chi connectivity index (χ0) is 14.9. The number of rotatable bonds is 3. The Morgan fingerprint density at radius 1 is 1.15 bits per heavy atom. The molecule has 1 aromatic carbocycles. The third-order valence-electron chi connectivity index (χ3n) is 4.59. The molecule has 2 unspecified atom stereocenters. The third kappa shape index (κ3) is 3.18. The topological polar surface area (TPSA) is 29.3 Å². The molecule has 1 saturated heterocycles. The Labute approximate surface area is 120 Å². The summed E-state index contributed by atoms with van der Waals surface area (Å²) in [5.41, 5.74) is 6.74. The van der Waals surface area contributed by atoms with Gasteiger partial charge in [0.05, 0.1) is 0 Å². The van der Waals surface area contributed by atoms with Crippen LogP contribution in [-0.2, 0) is 0 Å². The lowest BCUT2D eigenvalue weighted by atomic mass is 9.89. The number of halogens is 2. The highest BCUT2D eigenvalue weighted by Crippen LogP contribution is 2.30. The Morgan fingerprint density at radius 3 is 2.30 bits per heavy atom. The molecule has 2 N–H and O–H groups in total. The Balaban J connectivity index is 2.09. The van der Waals surface area contributed by atoms with E-state index in [9.17, 15) is 8.78 Å². The van der Waals surface area contributed by atoms with Crippen LogP contribution in [0.25, 0.3) is 0 Å². The molecule has 2 rings (SSSR count). The van der Waals surface area contributed by atoms with Crippen molar-refractivity contribution in [2.45, 2.75) is 45.7 Å². The molecular formula is C16H24F2N2. The molecule has 2 nitrogen and oxygen atoms in total. The number of hydrogen-bond donors (Lipinski definition) is 1. The number of benzene rings is 1. The molecule has 1 aliphatic rings. The first kappa shape index (κ1) is 15.4. The number of aryl methyl sites for hydroxylation is 1. The van der Waals surface area contributed by atoms with E-state index in [0.717, 1.165) is 25.9 Å². The molecule has 0 amide bonds. The molecule has 1 aliphatic heterocycles. The van der Waals surface area contributed by atoms with Crippen LogP contribution in [0, 0.1) is 24.5 Å². The quantitative estimate of drug-likeness (QED) is 0.920. The average Bonchev–Trinajstić information content (AvgIpc) is 2.42. The molecule has 1 heterocycles. The van der Waals surface area contributed by atoms with Crippen molar-refractivity contribution in [2.24, 2.45) is 11.7 Å². The van der Waals surface area contributed by atoms with E-state index >= 15 is 0 Å². The van der Waals surface area contributed by atoms with Gasteiger partial charge in [-0.3, -0.25) is 4.90 Å². The van der Waals surface area contributed by atoms with Crippen LogP contribution in [0.5, 0.6) is 0 Å². The van der Waals surface area contributed by atoms with Gasteiger partial charge < -0.3 is 5.73 Å². The smallest absolute Gasteiger partial charge is 0.128 e. The van der Waals surface area contributed by atoms with Gasteiger partial charge in [-0.15, -0.1) is 0 Å². The molecule has 0 aromatic heterocycles. The Hall–Kier alpha value is -1.00. The molecule has 0 aliphatic carbocycles. The third-order valence-corrected chi connectivity index (χ3v) is 4.59. The summed E-state index contributed by atoms with van der Waals surface area (Å²) in [5, 5.41) is 0. The number of hydrogen-bond acceptors (Lipinski definition) is 2. The largest absolute Gasteiger partial charge is 0.328 e. The highest BCUT2D eigenvalue weighted by Gasteiger charge is 2.27. The van der Waals surface area contributed by atoms with Gasteiger partial charge in [-0.05, 0) is 70.3 Å². The van der Waals surface area contributed by atoms with Crippen LogP contribution in [0.3, 0.4) is 0 Å². The molecule has 4 heteroatoms. The maximum Gasteiger partial charge on any atom is 0.128 e. The van der Waals surface area contributed by atoms with E-state index < -0.39 is 0 Å². The van der Waals surface area contributed by atoms with Crippen LogP contribution in [0.4, 0.5) is 8.78 Å². The predicted molar refractivity (Wildman–Crippen MR) is 77.5 cm³/mol. The van der Waals surface area contributed by atoms with Crippen LogP contribution in [0.15, 0.2) is 12.1 Å². The van der Waals surface area contributed by atoms with Crippen LogP contribution in [0.2, 0.25) is 0 Å². The second-order valence-electron chi connectivity index (χ2n) is 6.03. The molecular weight excluding hydrogens is 258 g/mol. The summed E-state index contributed by atoms with van der Waals surface area (Å²) in [6.45, 7) is 7.35. The molecule has 0 bridgehead atoms. The molecule has 0 saturated carbocycles. The van der Waals surface area contributed by atoms with E-state index in [1.165, 1.54) is 12.1 Å². The summed E-state index contributed by atoms with van der Waals surface area (Å²) in [5.74, 6) is -0.109. The zero-order valence-corrected chi connectivity index (χ0v) is 12.5. The first-order valence-corrected chi connectivity index (χ1v) is 7.35. The fraction of sp³-hybridized carbons (Fsp3) is 0.625. The van der Waals surface area contributed by atoms with E-state index in [2.05, 4.69) is 4.90 Å². The Kier molecular flexibility index (Phi) is 4.76. The molecule has 0 radical (unpaired) electrons. The fourth-order valence-corrected chi connectivity index (χ4v) is 3.01. The summed E-state index contributed by atoms with van der Waals surface area (Å²) in [6.07, 6.45) is 2.05. The highest BCUT2D eigenvalue weighted by molar-refractivity contribution is 5.27. The standard InChI is InChI=1S/C16H24F2N2/c1-10-8-16(18)14(9-15(10)17)12(3)20-6-4-13(5-7-20)11(2)19/h8-9,11-13H,4-7,19H2,1-3H3. The maximum atomic E-state index is 14.0. The van der Waals surface area contributed by atoms with Gasteiger partial charge in [0, 0.05) is 17.6 Å². The molecule has 1 fully saturated rings. The first-order chi connectivity index (χ1) is 9.40. The zero-order valence-electron chi connectivity index (χ0n) is 12.5. The van der Waals surface area contributed by atoms with Crippen LogP contribution in [0.1, 0.15) is 43.9 Å². The number of nitrogens with two attached hydrogens (primary N) is 1. The van der Waals surface area contributed by atoms with Gasteiger partial charge in [-0.1, -0.05) is 0 Å². The van der Waals surface area contributed by atoms with Crippen molar-refractivity contribution >= 4 is 0 Å². The SMILES string of the molecule is Cc1cc(F)c(C(C)N2CCC(C(C)N)CC2)cc1F. The van der Waals surface area contributed by atoms with E-state index in [4.69, 9.17) is 5.73 Å². The summed E-state index contributed by atoms with van der Waals surface area (Å²) in [6, 6.07) is 2.74.